The van der Waals surface area contributed by atoms with Crippen LogP contribution >= 0.6 is 11.6 Å². The molecule has 0 aromatic heterocycles. The van der Waals surface area contributed by atoms with Gasteiger partial charge in [0.2, 0.25) is 0 Å². The van der Waals surface area contributed by atoms with Crippen molar-refractivity contribution in [1.29, 1.82) is 0 Å². The molecule has 0 saturated carbocycles. The number of nitrogens with one attached hydrogen (secondary N) is 1. The zero-order chi connectivity index (χ0) is 9.97. The number of nitrogens with zero attached hydrogens (tertiary/aromatic N) is 1. The topological polar surface area (TPSA) is 15.3 Å². The van der Waals surface area contributed by atoms with Crippen LogP contribution in [-0.4, -0.2) is 18.1 Å². The first kappa shape index (κ1) is 9.90. The van der Waals surface area contributed by atoms with Crippen LogP contribution in [0.3, 0.4) is 0 Å². The number of hydrogen-bond donors (Lipinski definition) is 1. The van der Waals surface area contributed by atoms with E-state index in [-0.39, 0.29) is 10.8 Å². The van der Waals surface area contributed by atoms with Crippen LogP contribution in [0.4, 0.5) is 4.39 Å². The van der Waals surface area contributed by atoms with Gasteiger partial charge in [0.1, 0.15) is 5.82 Å². The molecule has 4 heteroatoms. The Morgan fingerprint density at radius 2 is 2.36 bits per heavy atom. The summed E-state index contributed by atoms with van der Waals surface area (Å²) in [5.74, 6) is -0.303. The van der Waals surface area contributed by atoms with Crippen molar-refractivity contribution in [2.75, 3.05) is 13.1 Å². The highest BCUT2D eigenvalue weighted by atomic mass is 35.5. The van der Waals surface area contributed by atoms with Crippen molar-refractivity contribution in [3.8, 4) is 0 Å². The molecule has 0 bridgehead atoms. The van der Waals surface area contributed by atoms with Crippen molar-refractivity contribution in [3.63, 3.8) is 0 Å². The highest BCUT2D eigenvalue weighted by Crippen LogP contribution is 2.19. The second-order valence-electron chi connectivity index (χ2n) is 3.40. The Hall–Kier alpha value is -0.640. The van der Waals surface area contributed by atoms with E-state index in [0.29, 0.717) is 12.1 Å². The van der Waals surface area contributed by atoms with Crippen LogP contribution in [0.5, 0.6) is 0 Å². The smallest absolute Gasteiger partial charge is 0.146 e. The van der Waals surface area contributed by atoms with Gasteiger partial charge >= 0.3 is 0 Å². The van der Waals surface area contributed by atoms with Crippen LogP contribution in [0.25, 0.3) is 0 Å². The fourth-order valence-electron chi connectivity index (χ4n) is 1.60. The first-order chi connectivity index (χ1) is 6.77. The van der Waals surface area contributed by atoms with E-state index in [4.69, 9.17) is 11.6 Å². The van der Waals surface area contributed by atoms with Gasteiger partial charge in [0.05, 0.1) is 5.02 Å². The Balaban J connectivity index is 2.11. The van der Waals surface area contributed by atoms with Gasteiger partial charge in [-0.3, -0.25) is 5.43 Å². The third kappa shape index (κ3) is 2.05. The molecule has 1 aromatic carbocycles. The first-order valence-corrected chi connectivity index (χ1v) is 5.06. The highest BCUT2D eigenvalue weighted by Gasteiger charge is 2.14. The molecule has 0 spiro atoms. The maximum atomic E-state index is 13.5. The third-order valence-corrected chi connectivity index (χ3v) is 2.62. The Bertz CT molecular complexity index is 324. The summed E-state index contributed by atoms with van der Waals surface area (Å²) in [5.41, 5.74) is 3.82. The minimum absolute atomic E-state index is 0.196. The van der Waals surface area contributed by atoms with Crippen LogP contribution in [-0.2, 0) is 6.54 Å². The van der Waals surface area contributed by atoms with Crippen molar-refractivity contribution in [2.24, 2.45) is 0 Å². The van der Waals surface area contributed by atoms with Gasteiger partial charge in [0.25, 0.3) is 0 Å². The summed E-state index contributed by atoms with van der Waals surface area (Å²) in [6.07, 6.45) is 1.11. The van der Waals surface area contributed by atoms with E-state index in [9.17, 15) is 4.39 Å². The van der Waals surface area contributed by atoms with Gasteiger partial charge in [0.15, 0.2) is 0 Å². The monoisotopic (exact) mass is 214 g/mol. The quantitative estimate of drug-likeness (QED) is 0.812. The first-order valence-electron chi connectivity index (χ1n) is 4.69. The van der Waals surface area contributed by atoms with Gasteiger partial charge in [-0.2, -0.15) is 0 Å². The Morgan fingerprint density at radius 1 is 1.50 bits per heavy atom. The largest absolute Gasteiger partial charge is 0.255 e. The van der Waals surface area contributed by atoms with Crippen LogP contribution < -0.4 is 5.43 Å². The van der Waals surface area contributed by atoms with Crippen LogP contribution in [0, 0.1) is 5.82 Å². The Labute approximate surface area is 87.6 Å². The summed E-state index contributed by atoms with van der Waals surface area (Å²) >= 11 is 5.69. The number of halogens is 2. The number of benzene rings is 1. The molecule has 0 atom stereocenters. The number of hydrogen-bond acceptors (Lipinski definition) is 2. The standard InChI is InChI=1S/C10H12ClFN2/c11-9-4-1-3-8(10(9)12)7-14-6-2-5-13-14/h1,3-4,13H,2,5-7H2. The van der Waals surface area contributed by atoms with Crippen molar-refractivity contribution in [2.45, 2.75) is 13.0 Å². The van der Waals surface area contributed by atoms with Gasteiger partial charge in [-0.25, -0.2) is 9.40 Å². The second kappa shape index (κ2) is 4.26. The zero-order valence-corrected chi connectivity index (χ0v) is 8.52. The molecule has 14 heavy (non-hydrogen) atoms. The van der Waals surface area contributed by atoms with Gasteiger partial charge in [-0.05, 0) is 12.5 Å². The molecular weight excluding hydrogens is 203 g/mol. The van der Waals surface area contributed by atoms with E-state index in [0.717, 1.165) is 19.5 Å². The maximum Gasteiger partial charge on any atom is 0.146 e. The SMILES string of the molecule is Fc1c(Cl)cccc1CN1CCCN1. The van der Waals surface area contributed by atoms with Crippen LogP contribution in [0.2, 0.25) is 5.02 Å². The lowest BCUT2D eigenvalue weighted by molar-refractivity contribution is 0.241. The average molecular weight is 215 g/mol. The van der Waals surface area contributed by atoms with Crippen molar-refractivity contribution < 1.29 is 4.39 Å². The zero-order valence-electron chi connectivity index (χ0n) is 7.76. The second-order valence-corrected chi connectivity index (χ2v) is 3.80. The molecule has 0 unspecified atom stereocenters. The minimum Gasteiger partial charge on any atom is -0.255 e. The predicted molar refractivity (Wildman–Crippen MR) is 54.4 cm³/mol. The molecule has 1 aliphatic rings. The molecule has 0 radical (unpaired) electrons. The Morgan fingerprint density at radius 3 is 3.07 bits per heavy atom. The van der Waals surface area contributed by atoms with E-state index in [1.54, 1.807) is 18.2 Å². The third-order valence-electron chi connectivity index (χ3n) is 2.33. The van der Waals surface area contributed by atoms with E-state index >= 15 is 0 Å². The summed E-state index contributed by atoms with van der Waals surface area (Å²) < 4.78 is 13.5. The number of rotatable bonds is 2. The minimum atomic E-state index is -0.303. The van der Waals surface area contributed by atoms with E-state index in [1.165, 1.54) is 0 Å². The fourth-order valence-corrected chi connectivity index (χ4v) is 1.79. The van der Waals surface area contributed by atoms with Gasteiger partial charge in [-0.15, -0.1) is 0 Å². The molecule has 1 aromatic rings. The lowest BCUT2D eigenvalue weighted by Gasteiger charge is -2.15. The van der Waals surface area contributed by atoms with Crippen molar-refractivity contribution in [1.82, 2.24) is 10.4 Å². The summed E-state index contributed by atoms with van der Waals surface area (Å²) in [4.78, 5) is 0. The molecule has 1 saturated heterocycles. The number of hydrazine groups is 1. The summed E-state index contributed by atoms with van der Waals surface area (Å²) in [5, 5.41) is 2.20. The molecule has 0 amide bonds. The van der Waals surface area contributed by atoms with Crippen molar-refractivity contribution >= 4 is 11.6 Å². The van der Waals surface area contributed by atoms with Gasteiger partial charge in [0, 0.05) is 25.2 Å². The molecule has 2 rings (SSSR count). The van der Waals surface area contributed by atoms with E-state index in [1.807, 2.05) is 5.01 Å². The van der Waals surface area contributed by atoms with Crippen molar-refractivity contribution in [3.05, 3.63) is 34.6 Å². The fraction of sp³-hybridized carbons (Fsp3) is 0.400. The van der Waals surface area contributed by atoms with Gasteiger partial charge < -0.3 is 0 Å². The molecule has 1 aliphatic heterocycles. The normalized spacial score (nSPS) is 17.6. The molecule has 1 fully saturated rings. The maximum absolute atomic E-state index is 13.5. The average Bonchev–Trinajstić information content (AvgIpc) is 2.66. The predicted octanol–water partition coefficient (Wildman–Crippen LogP) is 2.19. The lowest BCUT2D eigenvalue weighted by atomic mass is 10.2. The summed E-state index contributed by atoms with van der Waals surface area (Å²) in [7, 11) is 0. The van der Waals surface area contributed by atoms with E-state index in [2.05, 4.69) is 5.43 Å². The van der Waals surface area contributed by atoms with Crippen LogP contribution in [0.1, 0.15) is 12.0 Å². The summed E-state index contributed by atoms with van der Waals surface area (Å²) in [6, 6.07) is 5.11. The highest BCUT2D eigenvalue weighted by molar-refractivity contribution is 6.30. The van der Waals surface area contributed by atoms with Gasteiger partial charge in [-0.1, -0.05) is 23.7 Å². The molecule has 2 nitrogen and oxygen atoms in total. The molecule has 1 heterocycles. The van der Waals surface area contributed by atoms with Crippen LogP contribution in [0.15, 0.2) is 18.2 Å². The molecule has 0 aliphatic carbocycles. The lowest BCUT2D eigenvalue weighted by Crippen LogP contribution is -2.30. The molecule has 76 valence electrons. The molecular formula is C10H12ClFN2. The Kier molecular flexibility index (Phi) is 3.01. The molecule has 1 N–H and O–H groups in total. The van der Waals surface area contributed by atoms with E-state index < -0.39 is 0 Å². The summed E-state index contributed by atoms with van der Waals surface area (Å²) in [6.45, 7) is 2.51.